The third-order valence-electron chi connectivity index (χ3n) is 2.61. The van der Waals surface area contributed by atoms with Gasteiger partial charge in [-0.3, -0.25) is 4.68 Å². The largest absolute Gasteiger partial charge is 0.487 e. The van der Waals surface area contributed by atoms with Crippen LogP contribution in [0, 0.1) is 0 Å². The molecular formula is C13H16BrN3O. The van der Waals surface area contributed by atoms with Gasteiger partial charge in [0.05, 0.1) is 17.6 Å². The second-order valence-corrected chi connectivity index (χ2v) is 5.24. The van der Waals surface area contributed by atoms with Gasteiger partial charge in [-0.25, -0.2) is 0 Å². The van der Waals surface area contributed by atoms with Gasteiger partial charge in [0.2, 0.25) is 0 Å². The molecule has 0 aliphatic carbocycles. The Morgan fingerprint density at radius 3 is 2.61 bits per heavy atom. The normalized spacial score (nSPS) is 10.9. The fraction of sp³-hybridized carbons (Fsp3) is 0.308. The van der Waals surface area contributed by atoms with E-state index in [1.165, 1.54) is 0 Å². The number of ether oxygens (including phenoxy) is 1. The summed E-state index contributed by atoms with van der Waals surface area (Å²) in [5, 5.41) is 4.25. The van der Waals surface area contributed by atoms with Crippen LogP contribution in [0.5, 0.6) is 5.75 Å². The molecule has 96 valence electrons. The molecule has 2 aromatic rings. The Morgan fingerprint density at radius 1 is 1.33 bits per heavy atom. The molecule has 18 heavy (non-hydrogen) atoms. The molecule has 4 nitrogen and oxygen atoms in total. The molecule has 0 atom stereocenters. The molecule has 0 bridgehead atoms. The maximum Gasteiger partial charge on any atom is 0.132 e. The van der Waals surface area contributed by atoms with E-state index in [9.17, 15) is 0 Å². The van der Waals surface area contributed by atoms with Crippen molar-refractivity contribution in [2.75, 3.05) is 5.73 Å². The van der Waals surface area contributed by atoms with Gasteiger partial charge in [0.25, 0.3) is 0 Å². The lowest BCUT2D eigenvalue weighted by atomic mass is 10.3. The molecule has 0 aliphatic heterocycles. The molecule has 0 saturated carbocycles. The van der Waals surface area contributed by atoms with Crippen LogP contribution in [0.3, 0.4) is 0 Å². The summed E-state index contributed by atoms with van der Waals surface area (Å²) in [6.07, 6.45) is 1.67. The lowest BCUT2D eigenvalue weighted by Gasteiger charge is -2.12. The topological polar surface area (TPSA) is 53.1 Å². The third kappa shape index (κ3) is 2.85. The van der Waals surface area contributed by atoms with Crippen LogP contribution >= 0.6 is 15.9 Å². The van der Waals surface area contributed by atoms with Crippen molar-refractivity contribution in [3.05, 3.63) is 40.6 Å². The predicted molar refractivity (Wildman–Crippen MR) is 75.5 cm³/mol. The minimum Gasteiger partial charge on any atom is -0.487 e. The Balaban J connectivity index is 2.10. The Morgan fingerprint density at radius 2 is 2.00 bits per heavy atom. The minimum absolute atomic E-state index is 0.269. The minimum atomic E-state index is 0.269. The fourth-order valence-corrected chi connectivity index (χ4v) is 1.94. The van der Waals surface area contributed by atoms with E-state index in [0.717, 1.165) is 15.9 Å². The van der Waals surface area contributed by atoms with Gasteiger partial charge in [-0.05, 0) is 38.1 Å². The fourth-order valence-electron chi connectivity index (χ4n) is 1.68. The van der Waals surface area contributed by atoms with Crippen molar-refractivity contribution in [2.45, 2.75) is 26.5 Å². The maximum absolute atomic E-state index is 5.90. The lowest BCUT2D eigenvalue weighted by molar-refractivity contribution is 0.288. The lowest BCUT2D eigenvalue weighted by Crippen LogP contribution is -2.11. The van der Waals surface area contributed by atoms with Crippen LogP contribution in [-0.2, 0) is 6.61 Å². The zero-order valence-electron chi connectivity index (χ0n) is 10.4. The first-order valence-corrected chi connectivity index (χ1v) is 6.57. The average Bonchev–Trinajstić information content (AvgIpc) is 2.70. The number of rotatable bonds is 4. The Kier molecular flexibility index (Phi) is 3.91. The predicted octanol–water partition coefficient (Wildman–Crippen LogP) is 3.39. The van der Waals surface area contributed by atoms with Crippen LogP contribution in [0.1, 0.15) is 25.6 Å². The third-order valence-corrected chi connectivity index (χ3v) is 3.14. The highest BCUT2D eigenvalue weighted by molar-refractivity contribution is 9.10. The molecule has 2 N–H and O–H groups in total. The summed E-state index contributed by atoms with van der Waals surface area (Å²) in [5.74, 6) is 0.814. The summed E-state index contributed by atoms with van der Waals surface area (Å²) in [5.41, 5.74) is 7.47. The van der Waals surface area contributed by atoms with Gasteiger partial charge in [-0.15, -0.1) is 0 Å². The molecule has 0 fully saturated rings. The van der Waals surface area contributed by atoms with Crippen LogP contribution in [0.2, 0.25) is 0 Å². The number of nitrogens with zero attached hydrogens (tertiary/aromatic N) is 2. The Labute approximate surface area is 115 Å². The maximum atomic E-state index is 5.90. The first-order chi connectivity index (χ1) is 8.58. The van der Waals surface area contributed by atoms with E-state index < -0.39 is 0 Å². The average molecular weight is 310 g/mol. The van der Waals surface area contributed by atoms with E-state index in [0.29, 0.717) is 12.3 Å². The van der Waals surface area contributed by atoms with E-state index in [1.54, 1.807) is 6.20 Å². The molecule has 1 aromatic heterocycles. The highest BCUT2D eigenvalue weighted by Crippen LogP contribution is 2.20. The summed E-state index contributed by atoms with van der Waals surface area (Å²) in [7, 11) is 0. The summed E-state index contributed by atoms with van der Waals surface area (Å²) in [6.45, 7) is 4.55. The first-order valence-electron chi connectivity index (χ1n) is 5.78. The summed E-state index contributed by atoms with van der Waals surface area (Å²) < 4.78 is 8.63. The number of nitrogens with two attached hydrogens (primary N) is 1. The van der Waals surface area contributed by atoms with Crippen LogP contribution in [0.15, 0.2) is 34.9 Å². The monoisotopic (exact) mass is 309 g/mol. The van der Waals surface area contributed by atoms with Crippen molar-refractivity contribution >= 4 is 21.6 Å². The molecule has 0 aliphatic rings. The van der Waals surface area contributed by atoms with Crippen molar-refractivity contribution in [2.24, 2.45) is 0 Å². The number of aromatic nitrogens is 2. The number of benzene rings is 1. The molecular weight excluding hydrogens is 294 g/mol. The van der Waals surface area contributed by atoms with Crippen LogP contribution in [0.4, 0.5) is 5.69 Å². The first kappa shape index (κ1) is 13.0. The molecule has 0 amide bonds. The number of anilines is 1. The molecule has 0 radical (unpaired) electrons. The van der Waals surface area contributed by atoms with Crippen LogP contribution in [0.25, 0.3) is 0 Å². The van der Waals surface area contributed by atoms with Gasteiger partial charge >= 0.3 is 0 Å². The molecule has 0 unspecified atom stereocenters. The highest BCUT2D eigenvalue weighted by atomic mass is 79.9. The molecule has 1 aromatic carbocycles. The SMILES string of the molecule is CC(C)n1ncc(N)c1COc1ccc(Br)cc1. The van der Waals surface area contributed by atoms with Gasteiger partial charge < -0.3 is 10.5 Å². The van der Waals surface area contributed by atoms with Crippen molar-refractivity contribution < 1.29 is 4.74 Å². The van der Waals surface area contributed by atoms with Gasteiger partial charge in [0, 0.05) is 10.5 Å². The summed E-state index contributed by atoms with van der Waals surface area (Å²) in [4.78, 5) is 0. The van der Waals surface area contributed by atoms with Crippen molar-refractivity contribution in [1.29, 1.82) is 0 Å². The van der Waals surface area contributed by atoms with E-state index in [4.69, 9.17) is 10.5 Å². The zero-order valence-corrected chi connectivity index (χ0v) is 12.0. The van der Waals surface area contributed by atoms with Crippen molar-refractivity contribution in [1.82, 2.24) is 9.78 Å². The zero-order chi connectivity index (χ0) is 13.1. The standard InChI is InChI=1S/C13H16BrN3O/c1-9(2)17-13(12(15)7-16-17)8-18-11-5-3-10(14)4-6-11/h3-7,9H,8,15H2,1-2H3. The van der Waals surface area contributed by atoms with Gasteiger partial charge in [-0.1, -0.05) is 15.9 Å². The van der Waals surface area contributed by atoms with Crippen molar-refractivity contribution in [3.63, 3.8) is 0 Å². The van der Waals surface area contributed by atoms with Crippen LogP contribution in [-0.4, -0.2) is 9.78 Å². The number of hydrogen-bond acceptors (Lipinski definition) is 3. The number of nitrogen functional groups attached to an aromatic ring is 1. The Hall–Kier alpha value is -1.49. The number of halogens is 1. The van der Waals surface area contributed by atoms with E-state index in [2.05, 4.69) is 34.9 Å². The molecule has 0 spiro atoms. The van der Waals surface area contributed by atoms with Gasteiger partial charge in [0.1, 0.15) is 12.4 Å². The van der Waals surface area contributed by atoms with E-state index >= 15 is 0 Å². The Bertz CT molecular complexity index is 520. The van der Waals surface area contributed by atoms with Crippen molar-refractivity contribution in [3.8, 4) is 5.75 Å². The molecule has 0 saturated heterocycles. The molecule has 5 heteroatoms. The smallest absolute Gasteiger partial charge is 0.132 e. The second-order valence-electron chi connectivity index (χ2n) is 4.33. The highest BCUT2D eigenvalue weighted by Gasteiger charge is 2.11. The quantitative estimate of drug-likeness (QED) is 0.942. The second kappa shape index (κ2) is 5.44. The van der Waals surface area contributed by atoms with E-state index in [1.807, 2.05) is 28.9 Å². The molecule has 2 rings (SSSR count). The van der Waals surface area contributed by atoms with Gasteiger partial charge in [-0.2, -0.15) is 5.10 Å². The molecule has 1 heterocycles. The van der Waals surface area contributed by atoms with Gasteiger partial charge in [0.15, 0.2) is 0 Å². The number of hydrogen-bond donors (Lipinski definition) is 1. The van der Waals surface area contributed by atoms with Crippen LogP contribution < -0.4 is 10.5 Å². The summed E-state index contributed by atoms with van der Waals surface area (Å²) in [6, 6.07) is 7.98. The summed E-state index contributed by atoms with van der Waals surface area (Å²) >= 11 is 3.39. The van der Waals surface area contributed by atoms with E-state index in [-0.39, 0.29) is 6.04 Å².